The Kier molecular flexibility index (Phi) is 5.37. The number of nitrogens with one attached hydrogen (secondary N) is 1. The Morgan fingerprint density at radius 2 is 2.03 bits per heavy atom. The first kappa shape index (κ1) is 19.6. The van der Waals surface area contributed by atoms with Crippen LogP contribution in [-0.4, -0.2) is 24.7 Å². The molecular formula is C19H18BrN5O3S. The molecule has 0 aliphatic heterocycles. The molecule has 0 unspecified atom stereocenters. The maximum atomic E-state index is 13.0. The molecule has 0 atom stereocenters. The van der Waals surface area contributed by atoms with Crippen LogP contribution < -0.4 is 16.6 Å². The van der Waals surface area contributed by atoms with Gasteiger partial charge in [-0.05, 0) is 45.9 Å². The summed E-state index contributed by atoms with van der Waals surface area (Å²) < 4.78 is 5.28. The van der Waals surface area contributed by atoms with Gasteiger partial charge in [0.1, 0.15) is 11.2 Å². The largest absolute Gasteiger partial charge is 0.352 e. The lowest BCUT2D eigenvalue weighted by molar-refractivity contribution is -0.117. The van der Waals surface area contributed by atoms with Crippen LogP contribution in [0.15, 0.2) is 49.8 Å². The van der Waals surface area contributed by atoms with Gasteiger partial charge in [-0.15, -0.1) is 16.4 Å². The highest BCUT2D eigenvalue weighted by Crippen LogP contribution is 2.21. The molecule has 0 spiro atoms. The summed E-state index contributed by atoms with van der Waals surface area (Å²) in [6.45, 7) is 2.24. The highest BCUT2D eigenvalue weighted by atomic mass is 79.9. The molecule has 4 aromatic rings. The fraction of sp³-hybridized carbons (Fsp3) is 0.263. The van der Waals surface area contributed by atoms with E-state index in [-0.39, 0.29) is 23.8 Å². The minimum Gasteiger partial charge on any atom is -0.323 e. The Bertz CT molecular complexity index is 1330. The molecule has 1 aromatic carbocycles. The number of rotatable bonds is 6. The van der Waals surface area contributed by atoms with Gasteiger partial charge in [-0.3, -0.25) is 14.2 Å². The van der Waals surface area contributed by atoms with E-state index in [9.17, 15) is 14.4 Å². The summed E-state index contributed by atoms with van der Waals surface area (Å²) in [7, 11) is 0. The number of unbranched alkanes of at least 4 members (excludes halogenated alkanes) is 1. The maximum Gasteiger partial charge on any atom is 0.352 e. The Morgan fingerprint density at radius 1 is 1.24 bits per heavy atom. The molecule has 0 aliphatic carbocycles. The summed E-state index contributed by atoms with van der Waals surface area (Å²) in [4.78, 5) is 38.3. The second kappa shape index (κ2) is 7.96. The third-order valence-corrected chi connectivity index (χ3v) is 6.15. The number of fused-ring (bicyclic) bond motifs is 3. The van der Waals surface area contributed by atoms with Crippen LogP contribution in [0.2, 0.25) is 0 Å². The van der Waals surface area contributed by atoms with Crippen molar-refractivity contribution in [2.45, 2.75) is 32.9 Å². The Labute approximate surface area is 177 Å². The second-order valence-electron chi connectivity index (χ2n) is 6.55. The summed E-state index contributed by atoms with van der Waals surface area (Å²) >= 11 is 4.67. The van der Waals surface area contributed by atoms with Crippen molar-refractivity contribution < 1.29 is 4.79 Å². The standard InChI is InChI=1S/C19H18BrN5O3S/c1-2-3-9-23-17(27)16-14(8-10-29-16)25-18(23)22-24(19(25)28)11-15(26)21-13-7-5-4-6-12(13)20/h4-8,10H,2-3,9,11H2,1H3,(H,21,26). The fourth-order valence-corrected chi connectivity index (χ4v) is 4.35. The molecule has 1 amide bonds. The van der Waals surface area contributed by atoms with Gasteiger partial charge in [-0.2, -0.15) is 0 Å². The van der Waals surface area contributed by atoms with Crippen molar-refractivity contribution in [1.82, 2.24) is 18.7 Å². The van der Waals surface area contributed by atoms with Crippen molar-refractivity contribution in [2.75, 3.05) is 5.32 Å². The number of anilines is 1. The number of amides is 1. The molecule has 0 saturated carbocycles. The normalized spacial score (nSPS) is 11.4. The molecule has 3 heterocycles. The molecule has 150 valence electrons. The number of halogens is 1. The number of hydrogen-bond acceptors (Lipinski definition) is 5. The lowest BCUT2D eigenvalue weighted by atomic mass is 10.3. The van der Waals surface area contributed by atoms with Crippen molar-refractivity contribution in [2.24, 2.45) is 0 Å². The quantitative estimate of drug-likeness (QED) is 0.463. The van der Waals surface area contributed by atoms with Gasteiger partial charge >= 0.3 is 5.69 Å². The highest BCUT2D eigenvalue weighted by molar-refractivity contribution is 9.10. The van der Waals surface area contributed by atoms with Crippen LogP contribution in [0.5, 0.6) is 0 Å². The smallest absolute Gasteiger partial charge is 0.323 e. The predicted octanol–water partition coefficient (Wildman–Crippen LogP) is 3.07. The van der Waals surface area contributed by atoms with Crippen molar-refractivity contribution in [3.05, 3.63) is 61.0 Å². The predicted molar refractivity (Wildman–Crippen MR) is 117 cm³/mol. The van der Waals surface area contributed by atoms with Crippen LogP contribution in [-0.2, 0) is 17.9 Å². The maximum absolute atomic E-state index is 13.0. The van der Waals surface area contributed by atoms with Gasteiger partial charge in [0.2, 0.25) is 11.7 Å². The minimum absolute atomic E-state index is 0.161. The molecule has 29 heavy (non-hydrogen) atoms. The number of aryl methyl sites for hydroxylation is 1. The number of nitrogens with zero attached hydrogens (tertiary/aromatic N) is 4. The lowest BCUT2D eigenvalue weighted by Gasteiger charge is -2.06. The van der Waals surface area contributed by atoms with Crippen LogP contribution >= 0.6 is 27.3 Å². The molecule has 0 aliphatic rings. The number of carbonyl (C=O) groups excluding carboxylic acids is 1. The van der Waals surface area contributed by atoms with Crippen molar-refractivity contribution in [3.63, 3.8) is 0 Å². The van der Waals surface area contributed by atoms with E-state index in [1.807, 2.05) is 19.1 Å². The van der Waals surface area contributed by atoms with Crippen LogP contribution in [0.3, 0.4) is 0 Å². The number of carbonyl (C=O) groups is 1. The van der Waals surface area contributed by atoms with Gasteiger partial charge < -0.3 is 5.32 Å². The van der Waals surface area contributed by atoms with E-state index in [4.69, 9.17) is 0 Å². The van der Waals surface area contributed by atoms with Crippen LogP contribution in [0.25, 0.3) is 16.0 Å². The van der Waals surface area contributed by atoms with Gasteiger partial charge in [0, 0.05) is 11.0 Å². The minimum atomic E-state index is -0.448. The Morgan fingerprint density at radius 3 is 2.79 bits per heavy atom. The van der Waals surface area contributed by atoms with E-state index in [0.717, 1.165) is 22.0 Å². The summed E-state index contributed by atoms with van der Waals surface area (Å²) in [6, 6.07) is 8.94. The van der Waals surface area contributed by atoms with E-state index >= 15 is 0 Å². The van der Waals surface area contributed by atoms with Gasteiger partial charge in [0.15, 0.2) is 0 Å². The summed E-state index contributed by atoms with van der Waals surface area (Å²) in [5.41, 5.74) is 0.515. The number of thiophene rings is 1. The number of benzene rings is 1. The molecule has 0 fully saturated rings. The van der Waals surface area contributed by atoms with Crippen molar-refractivity contribution >= 4 is 54.9 Å². The monoisotopic (exact) mass is 475 g/mol. The van der Waals surface area contributed by atoms with E-state index in [1.54, 1.807) is 23.6 Å². The first-order valence-corrected chi connectivity index (χ1v) is 10.8. The average Bonchev–Trinajstić information content (AvgIpc) is 3.29. The van der Waals surface area contributed by atoms with Crippen LogP contribution in [0.4, 0.5) is 5.69 Å². The molecule has 3 aromatic heterocycles. The van der Waals surface area contributed by atoms with Gasteiger partial charge in [0.05, 0.1) is 11.2 Å². The van der Waals surface area contributed by atoms with Crippen molar-refractivity contribution in [3.8, 4) is 0 Å². The molecule has 0 bridgehead atoms. The first-order chi connectivity index (χ1) is 14.0. The Hall–Kier alpha value is -2.72. The molecule has 8 nitrogen and oxygen atoms in total. The van der Waals surface area contributed by atoms with E-state index in [2.05, 4.69) is 26.3 Å². The summed E-state index contributed by atoms with van der Waals surface area (Å²) in [5, 5.41) is 8.86. The zero-order chi connectivity index (χ0) is 20.5. The molecular weight excluding hydrogens is 458 g/mol. The van der Waals surface area contributed by atoms with E-state index in [0.29, 0.717) is 22.4 Å². The summed E-state index contributed by atoms with van der Waals surface area (Å²) in [6.07, 6.45) is 1.69. The number of aromatic nitrogens is 4. The van der Waals surface area contributed by atoms with Crippen LogP contribution in [0, 0.1) is 0 Å². The average molecular weight is 476 g/mol. The number of para-hydroxylation sites is 1. The third kappa shape index (κ3) is 3.53. The molecule has 0 saturated heterocycles. The highest BCUT2D eigenvalue weighted by Gasteiger charge is 2.19. The van der Waals surface area contributed by atoms with E-state index in [1.165, 1.54) is 20.3 Å². The SMILES string of the molecule is CCCCn1c(=O)c2sccc2n2c(=O)n(CC(=O)Nc3ccccc3Br)nc12. The molecule has 10 heteroatoms. The third-order valence-electron chi connectivity index (χ3n) is 4.57. The zero-order valence-corrected chi connectivity index (χ0v) is 18.0. The molecule has 1 N–H and O–H groups in total. The second-order valence-corrected chi connectivity index (χ2v) is 8.32. The topological polar surface area (TPSA) is 90.4 Å². The van der Waals surface area contributed by atoms with Gasteiger partial charge in [-0.25, -0.2) is 13.9 Å². The van der Waals surface area contributed by atoms with Crippen LogP contribution in [0.1, 0.15) is 19.8 Å². The lowest BCUT2D eigenvalue weighted by Crippen LogP contribution is -2.29. The zero-order valence-electron chi connectivity index (χ0n) is 15.6. The number of hydrogen-bond donors (Lipinski definition) is 1. The Balaban J connectivity index is 1.77. The fourth-order valence-electron chi connectivity index (χ4n) is 3.14. The van der Waals surface area contributed by atoms with E-state index < -0.39 is 5.69 Å². The first-order valence-electron chi connectivity index (χ1n) is 9.15. The van der Waals surface area contributed by atoms with Crippen molar-refractivity contribution in [1.29, 1.82) is 0 Å². The summed E-state index contributed by atoms with van der Waals surface area (Å²) in [5.74, 6) is -0.125. The van der Waals surface area contributed by atoms with Gasteiger partial charge in [0.25, 0.3) is 5.56 Å². The van der Waals surface area contributed by atoms with Gasteiger partial charge in [-0.1, -0.05) is 25.5 Å². The molecule has 0 radical (unpaired) electrons. The molecule has 4 rings (SSSR count).